The zero-order valence-electron chi connectivity index (χ0n) is 10.2. The molecule has 3 rings (SSSR count). The summed E-state index contributed by atoms with van der Waals surface area (Å²) in [4.78, 5) is 0. The Morgan fingerprint density at radius 1 is 0.941 bits per heavy atom. The average Bonchev–Trinajstić information content (AvgIpc) is 2.67. The first-order chi connectivity index (χ1) is 8.18. The fraction of sp³-hybridized carbons (Fsp3) is 0.200. The molecule has 0 aromatic heterocycles. The molecule has 0 atom stereocenters. The zero-order valence-corrected chi connectivity index (χ0v) is 11.2. The number of rotatable bonds is 1. The SMILES string of the molecule is C[PH]1(C)COc2cccc(-c3ccccc3)c21. The Bertz CT molecular complexity index is 546. The number of hydrogen-bond acceptors (Lipinski definition) is 1. The molecule has 0 fully saturated rings. The summed E-state index contributed by atoms with van der Waals surface area (Å²) < 4.78 is 5.84. The maximum atomic E-state index is 5.84. The van der Waals surface area contributed by atoms with Crippen LogP contribution in [0.4, 0.5) is 0 Å². The molecule has 17 heavy (non-hydrogen) atoms. The molecule has 0 aliphatic carbocycles. The van der Waals surface area contributed by atoms with Gasteiger partial charge in [0.25, 0.3) is 0 Å². The van der Waals surface area contributed by atoms with Crippen molar-refractivity contribution >= 4 is 12.6 Å². The molecule has 2 aromatic rings. The second kappa shape index (κ2) is 3.85. The van der Waals surface area contributed by atoms with Crippen LogP contribution in [0.15, 0.2) is 48.5 Å². The van der Waals surface area contributed by atoms with Crippen LogP contribution >= 0.6 is 7.26 Å². The summed E-state index contributed by atoms with van der Waals surface area (Å²) in [6.45, 7) is 4.76. The van der Waals surface area contributed by atoms with Gasteiger partial charge in [0.2, 0.25) is 0 Å². The molecule has 0 bridgehead atoms. The first-order valence-corrected chi connectivity index (χ1v) is 9.21. The van der Waals surface area contributed by atoms with Gasteiger partial charge in [-0.1, -0.05) is 0 Å². The van der Waals surface area contributed by atoms with Crippen molar-refractivity contribution in [3.8, 4) is 16.9 Å². The Hall–Kier alpha value is -1.33. The fourth-order valence-corrected chi connectivity index (χ4v) is 4.98. The number of fused-ring (bicyclic) bond motifs is 1. The number of ether oxygens (including phenoxy) is 1. The molecule has 1 aliphatic heterocycles. The third kappa shape index (κ3) is 1.75. The molecule has 0 unspecified atom stereocenters. The van der Waals surface area contributed by atoms with Crippen molar-refractivity contribution < 1.29 is 4.74 Å². The van der Waals surface area contributed by atoms with Crippen molar-refractivity contribution in [1.29, 1.82) is 0 Å². The van der Waals surface area contributed by atoms with E-state index < -0.39 is 7.26 Å². The van der Waals surface area contributed by atoms with Crippen molar-refractivity contribution in [2.75, 3.05) is 19.7 Å². The Morgan fingerprint density at radius 3 is 2.47 bits per heavy atom. The van der Waals surface area contributed by atoms with Crippen molar-refractivity contribution in [3.05, 3.63) is 48.5 Å². The Morgan fingerprint density at radius 2 is 1.71 bits per heavy atom. The summed E-state index contributed by atoms with van der Waals surface area (Å²) in [6, 6.07) is 17.0. The van der Waals surface area contributed by atoms with Crippen LogP contribution in [0.25, 0.3) is 11.1 Å². The summed E-state index contributed by atoms with van der Waals surface area (Å²) in [6.07, 6.45) is 0.909. The van der Waals surface area contributed by atoms with Crippen LogP contribution in [-0.4, -0.2) is 19.7 Å². The Balaban J connectivity index is 2.24. The van der Waals surface area contributed by atoms with Gasteiger partial charge in [0.05, 0.1) is 0 Å². The second-order valence-corrected chi connectivity index (χ2v) is 9.77. The summed E-state index contributed by atoms with van der Waals surface area (Å²) in [5, 5.41) is 1.48. The van der Waals surface area contributed by atoms with Crippen molar-refractivity contribution in [1.82, 2.24) is 0 Å². The number of benzene rings is 2. The van der Waals surface area contributed by atoms with Crippen LogP contribution in [0.1, 0.15) is 0 Å². The van der Waals surface area contributed by atoms with E-state index in [0.717, 1.165) is 12.1 Å². The average molecular weight is 244 g/mol. The van der Waals surface area contributed by atoms with Crippen LogP contribution in [-0.2, 0) is 0 Å². The minimum atomic E-state index is -1.41. The van der Waals surface area contributed by atoms with E-state index >= 15 is 0 Å². The molecule has 88 valence electrons. The summed E-state index contributed by atoms with van der Waals surface area (Å²) in [7, 11) is -1.41. The fourth-order valence-electron chi connectivity index (χ4n) is 2.54. The molecular weight excluding hydrogens is 227 g/mol. The predicted molar refractivity (Wildman–Crippen MR) is 77.2 cm³/mol. The van der Waals surface area contributed by atoms with E-state index in [0.29, 0.717) is 0 Å². The summed E-state index contributed by atoms with van der Waals surface area (Å²) >= 11 is 0. The molecular formula is C15H17OP. The first-order valence-electron chi connectivity index (χ1n) is 6.00. The molecule has 1 nitrogen and oxygen atoms in total. The van der Waals surface area contributed by atoms with E-state index in [1.807, 2.05) is 0 Å². The molecule has 1 heterocycles. The molecule has 2 aromatic carbocycles. The van der Waals surface area contributed by atoms with Gasteiger partial charge in [0.1, 0.15) is 0 Å². The van der Waals surface area contributed by atoms with Gasteiger partial charge >= 0.3 is 102 Å². The molecule has 0 saturated heterocycles. The molecule has 2 heteroatoms. The summed E-state index contributed by atoms with van der Waals surface area (Å²) in [5.74, 6) is 1.10. The maximum absolute atomic E-state index is 5.84. The predicted octanol–water partition coefficient (Wildman–Crippen LogP) is 3.34. The van der Waals surface area contributed by atoms with E-state index in [-0.39, 0.29) is 0 Å². The topological polar surface area (TPSA) is 9.23 Å². The third-order valence-electron chi connectivity index (χ3n) is 3.38. The molecule has 0 N–H and O–H groups in total. The molecule has 0 radical (unpaired) electrons. The molecule has 0 amide bonds. The van der Waals surface area contributed by atoms with E-state index in [1.54, 1.807) is 0 Å². The van der Waals surface area contributed by atoms with Gasteiger partial charge in [-0.05, 0) is 0 Å². The standard InChI is InChI=1S/C15H17OP/c1-17(2)11-16-14-10-6-9-13(15(14)17)12-7-4-3-5-8-12/h3-10,17H,11H2,1-2H3. The van der Waals surface area contributed by atoms with Crippen molar-refractivity contribution in [3.63, 3.8) is 0 Å². The van der Waals surface area contributed by atoms with E-state index in [9.17, 15) is 0 Å². The zero-order chi connectivity index (χ0) is 11.9. The third-order valence-corrected chi connectivity index (χ3v) is 6.11. The minimum absolute atomic E-state index is 0.909. The van der Waals surface area contributed by atoms with Crippen LogP contribution in [0.3, 0.4) is 0 Å². The van der Waals surface area contributed by atoms with Crippen LogP contribution < -0.4 is 10.0 Å². The van der Waals surface area contributed by atoms with Gasteiger partial charge in [-0.3, -0.25) is 0 Å². The molecule has 1 aliphatic rings. The Labute approximate surface area is 103 Å². The van der Waals surface area contributed by atoms with Gasteiger partial charge in [-0.25, -0.2) is 0 Å². The van der Waals surface area contributed by atoms with Gasteiger partial charge < -0.3 is 0 Å². The Kier molecular flexibility index (Phi) is 2.45. The second-order valence-electron chi connectivity index (χ2n) is 5.22. The van der Waals surface area contributed by atoms with Crippen LogP contribution in [0.5, 0.6) is 5.75 Å². The van der Waals surface area contributed by atoms with Gasteiger partial charge in [0, 0.05) is 0 Å². The monoisotopic (exact) mass is 244 g/mol. The normalized spacial score (nSPS) is 18.2. The van der Waals surface area contributed by atoms with Crippen molar-refractivity contribution in [2.45, 2.75) is 0 Å². The quantitative estimate of drug-likeness (QED) is 0.699. The van der Waals surface area contributed by atoms with E-state index in [2.05, 4.69) is 61.9 Å². The first kappa shape index (κ1) is 10.8. The van der Waals surface area contributed by atoms with E-state index in [4.69, 9.17) is 4.74 Å². The van der Waals surface area contributed by atoms with Gasteiger partial charge in [-0.15, -0.1) is 0 Å². The molecule has 0 saturated carbocycles. The van der Waals surface area contributed by atoms with Gasteiger partial charge in [0.15, 0.2) is 0 Å². The van der Waals surface area contributed by atoms with Crippen molar-refractivity contribution in [2.24, 2.45) is 0 Å². The van der Waals surface area contributed by atoms with Gasteiger partial charge in [-0.2, -0.15) is 0 Å². The molecule has 0 spiro atoms. The van der Waals surface area contributed by atoms with Crippen LogP contribution in [0.2, 0.25) is 0 Å². The summed E-state index contributed by atoms with van der Waals surface area (Å²) in [5.41, 5.74) is 2.66. The number of hydrogen-bond donors (Lipinski definition) is 0. The van der Waals surface area contributed by atoms with E-state index in [1.165, 1.54) is 16.4 Å². The van der Waals surface area contributed by atoms with Crippen LogP contribution in [0, 0.1) is 0 Å².